The number of aliphatic hydroxyl groups is 1. The lowest BCUT2D eigenvalue weighted by molar-refractivity contribution is 0.0690. The van der Waals surface area contributed by atoms with E-state index in [0.717, 1.165) is 12.8 Å². The Hall–Kier alpha value is -1.62. The minimum atomic E-state index is -1.04. The second-order valence-corrected chi connectivity index (χ2v) is 4.45. The fraction of sp³-hybridized carbons (Fsp3) is 0.538. The van der Waals surface area contributed by atoms with Gasteiger partial charge in [-0.2, -0.15) is 0 Å². The van der Waals surface area contributed by atoms with E-state index in [-0.39, 0.29) is 17.7 Å². The third kappa shape index (κ3) is 3.43. The standard InChI is InChI=1S/C13H20N2O3/c1-3-13(4-2,9-16)8-15-10-5-6-14-11(7-10)12(17)18/h5-7,16H,3-4,8-9H2,1-2H3,(H,14,15)(H,17,18). The largest absolute Gasteiger partial charge is 0.477 e. The minimum Gasteiger partial charge on any atom is -0.477 e. The summed E-state index contributed by atoms with van der Waals surface area (Å²) in [5.74, 6) is -1.04. The summed E-state index contributed by atoms with van der Waals surface area (Å²) in [4.78, 5) is 14.5. The third-order valence-electron chi connectivity index (χ3n) is 3.48. The third-order valence-corrected chi connectivity index (χ3v) is 3.48. The van der Waals surface area contributed by atoms with Crippen LogP contribution in [-0.4, -0.2) is 34.3 Å². The van der Waals surface area contributed by atoms with Gasteiger partial charge in [-0.15, -0.1) is 0 Å². The number of anilines is 1. The molecule has 0 saturated carbocycles. The second kappa shape index (κ2) is 6.35. The monoisotopic (exact) mass is 252 g/mol. The molecule has 5 heteroatoms. The first-order valence-corrected chi connectivity index (χ1v) is 6.11. The molecule has 0 amide bonds. The summed E-state index contributed by atoms with van der Waals surface area (Å²) in [6, 6.07) is 3.22. The van der Waals surface area contributed by atoms with Crippen LogP contribution in [0.4, 0.5) is 5.69 Å². The minimum absolute atomic E-state index is 0.0163. The average molecular weight is 252 g/mol. The molecule has 3 N–H and O–H groups in total. The molecule has 0 saturated heterocycles. The molecule has 1 heterocycles. The quantitative estimate of drug-likeness (QED) is 0.691. The van der Waals surface area contributed by atoms with E-state index < -0.39 is 5.97 Å². The van der Waals surface area contributed by atoms with E-state index >= 15 is 0 Å². The van der Waals surface area contributed by atoms with Gasteiger partial charge in [-0.05, 0) is 25.0 Å². The molecule has 0 aliphatic heterocycles. The fourth-order valence-corrected chi connectivity index (χ4v) is 1.73. The van der Waals surface area contributed by atoms with Gasteiger partial charge in [0.25, 0.3) is 0 Å². The molecular weight excluding hydrogens is 232 g/mol. The number of aromatic carboxylic acids is 1. The van der Waals surface area contributed by atoms with Gasteiger partial charge in [0.1, 0.15) is 5.69 Å². The van der Waals surface area contributed by atoms with E-state index in [1.807, 2.05) is 13.8 Å². The Labute approximate surface area is 107 Å². The van der Waals surface area contributed by atoms with Crippen LogP contribution >= 0.6 is 0 Å². The zero-order valence-corrected chi connectivity index (χ0v) is 10.8. The number of rotatable bonds is 7. The summed E-state index contributed by atoms with van der Waals surface area (Å²) in [6.45, 7) is 4.80. The molecule has 0 atom stereocenters. The Morgan fingerprint density at radius 3 is 2.61 bits per heavy atom. The predicted molar refractivity (Wildman–Crippen MR) is 69.8 cm³/mol. The van der Waals surface area contributed by atoms with Crippen LogP contribution in [0, 0.1) is 5.41 Å². The van der Waals surface area contributed by atoms with Crippen LogP contribution in [0.2, 0.25) is 0 Å². The van der Waals surface area contributed by atoms with E-state index in [0.29, 0.717) is 12.2 Å². The zero-order valence-electron chi connectivity index (χ0n) is 10.8. The molecule has 1 aromatic heterocycles. The van der Waals surface area contributed by atoms with Crippen molar-refractivity contribution in [1.29, 1.82) is 0 Å². The number of pyridine rings is 1. The molecule has 18 heavy (non-hydrogen) atoms. The van der Waals surface area contributed by atoms with E-state index in [2.05, 4.69) is 10.3 Å². The maximum absolute atomic E-state index is 10.8. The summed E-state index contributed by atoms with van der Waals surface area (Å²) in [5, 5.41) is 21.5. The molecule has 0 fully saturated rings. The van der Waals surface area contributed by atoms with E-state index in [1.54, 1.807) is 6.07 Å². The Morgan fingerprint density at radius 1 is 1.44 bits per heavy atom. The lowest BCUT2D eigenvalue weighted by atomic mass is 9.83. The number of hydrogen-bond donors (Lipinski definition) is 3. The highest BCUT2D eigenvalue weighted by atomic mass is 16.4. The number of nitrogens with one attached hydrogen (secondary N) is 1. The van der Waals surface area contributed by atoms with Crippen molar-refractivity contribution in [3.63, 3.8) is 0 Å². The van der Waals surface area contributed by atoms with Gasteiger partial charge in [-0.25, -0.2) is 9.78 Å². The van der Waals surface area contributed by atoms with Crippen molar-refractivity contribution < 1.29 is 15.0 Å². The number of carboxylic acids is 1. The Balaban J connectivity index is 2.73. The second-order valence-electron chi connectivity index (χ2n) is 4.45. The van der Waals surface area contributed by atoms with Crippen molar-refractivity contribution in [3.05, 3.63) is 24.0 Å². The summed E-state index contributed by atoms with van der Waals surface area (Å²) >= 11 is 0. The van der Waals surface area contributed by atoms with Crippen molar-refractivity contribution in [1.82, 2.24) is 4.98 Å². The van der Waals surface area contributed by atoms with Crippen LogP contribution in [-0.2, 0) is 0 Å². The molecule has 0 spiro atoms. The number of aromatic nitrogens is 1. The number of carboxylic acid groups (broad SMARTS) is 1. The van der Waals surface area contributed by atoms with Crippen molar-refractivity contribution >= 4 is 11.7 Å². The van der Waals surface area contributed by atoms with Crippen molar-refractivity contribution in [2.75, 3.05) is 18.5 Å². The van der Waals surface area contributed by atoms with Crippen molar-refractivity contribution in [3.8, 4) is 0 Å². The fourth-order valence-electron chi connectivity index (χ4n) is 1.73. The Kier molecular flexibility index (Phi) is 5.09. The Bertz CT molecular complexity index is 395. The summed E-state index contributed by atoms with van der Waals surface area (Å²) in [7, 11) is 0. The molecule has 0 unspecified atom stereocenters. The van der Waals surface area contributed by atoms with Crippen LogP contribution < -0.4 is 5.32 Å². The smallest absolute Gasteiger partial charge is 0.354 e. The molecule has 0 aliphatic carbocycles. The maximum atomic E-state index is 10.8. The van der Waals surface area contributed by atoms with Crippen LogP contribution in [0.3, 0.4) is 0 Å². The highest BCUT2D eigenvalue weighted by Crippen LogP contribution is 2.26. The predicted octanol–water partition coefficient (Wildman–Crippen LogP) is 1.99. The molecule has 0 bridgehead atoms. The van der Waals surface area contributed by atoms with Gasteiger partial charge in [0.2, 0.25) is 0 Å². The molecule has 0 radical (unpaired) electrons. The zero-order chi connectivity index (χ0) is 13.6. The van der Waals surface area contributed by atoms with E-state index in [4.69, 9.17) is 5.11 Å². The summed E-state index contributed by atoms with van der Waals surface area (Å²) in [6.07, 6.45) is 3.19. The van der Waals surface area contributed by atoms with Gasteiger partial charge in [0.05, 0.1) is 6.61 Å². The lowest BCUT2D eigenvalue weighted by Gasteiger charge is -2.30. The average Bonchev–Trinajstić information content (AvgIpc) is 2.41. The topological polar surface area (TPSA) is 82.5 Å². The van der Waals surface area contributed by atoms with Gasteiger partial charge >= 0.3 is 5.97 Å². The molecule has 1 rings (SSSR count). The highest BCUT2D eigenvalue weighted by Gasteiger charge is 2.24. The number of carbonyl (C=O) groups is 1. The van der Waals surface area contributed by atoms with Crippen LogP contribution in [0.25, 0.3) is 0 Å². The first-order chi connectivity index (χ1) is 8.56. The molecule has 0 aliphatic rings. The normalized spacial score (nSPS) is 11.3. The van der Waals surface area contributed by atoms with Gasteiger partial charge in [-0.1, -0.05) is 13.8 Å². The van der Waals surface area contributed by atoms with Crippen LogP contribution in [0.5, 0.6) is 0 Å². The molecular formula is C13H20N2O3. The first-order valence-electron chi connectivity index (χ1n) is 6.11. The van der Waals surface area contributed by atoms with Gasteiger partial charge in [-0.3, -0.25) is 0 Å². The molecule has 0 aromatic carbocycles. The Morgan fingerprint density at radius 2 is 2.11 bits per heavy atom. The highest BCUT2D eigenvalue weighted by molar-refractivity contribution is 5.86. The van der Waals surface area contributed by atoms with Crippen molar-refractivity contribution in [2.24, 2.45) is 5.41 Å². The number of nitrogens with zero attached hydrogens (tertiary/aromatic N) is 1. The van der Waals surface area contributed by atoms with E-state index in [1.165, 1.54) is 12.3 Å². The lowest BCUT2D eigenvalue weighted by Crippen LogP contribution is -2.32. The van der Waals surface area contributed by atoms with Gasteiger partial charge < -0.3 is 15.5 Å². The molecule has 100 valence electrons. The van der Waals surface area contributed by atoms with E-state index in [9.17, 15) is 9.90 Å². The first kappa shape index (κ1) is 14.4. The van der Waals surface area contributed by atoms with Gasteiger partial charge in [0.15, 0.2) is 0 Å². The molecule has 5 nitrogen and oxygen atoms in total. The number of hydrogen-bond acceptors (Lipinski definition) is 4. The van der Waals surface area contributed by atoms with Crippen LogP contribution in [0.15, 0.2) is 18.3 Å². The van der Waals surface area contributed by atoms with Crippen molar-refractivity contribution in [2.45, 2.75) is 26.7 Å². The SMILES string of the molecule is CCC(CC)(CO)CNc1ccnc(C(=O)O)c1. The summed E-state index contributed by atoms with van der Waals surface area (Å²) < 4.78 is 0. The van der Waals surface area contributed by atoms with Gasteiger partial charge in [0, 0.05) is 23.8 Å². The number of aliphatic hydroxyl groups excluding tert-OH is 1. The molecule has 1 aromatic rings. The van der Waals surface area contributed by atoms with Crippen LogP contribution in [0.1, 0.15) is 37.2 Å². The summed E-state index contributed by atoms with van der Waals surface area (Å²) in [5.41, 5.74) is 0.567. The maximum Gasteiger partial charge on any atom is 0.354 e.